The van der Waals surface area contributed by atoms with Crippen molar-refractivity contribution in [3.05, 3.63) is 46.7 Å². The van der Waals surface area contributed by atoms with Gasteiger partial charge in [0.15, 0.2) is 0 Å². The monoisotopic (exact) mass is 261 g/mol. The highest BCUT2D eigenvalue weighted by atomic mass is 32.1. The minimum atomic E-state index is 0.217. The van der Waals surface area contributed by atoms with E-state index in [-0.39, 0.29) is 6.10 Å². The van der Waals surface area contributed by atoms with E-state index in [1.54, 1.807) is 11.3 Å². The molecule has 0 fully saturated rings. The van der Waals surface area contributed by atoms with Crippen molar-refractivity contribution in [2.75, 3.05) is 5.32 Å². The van der Waals surface area contributed by atoms with Gasteiger partial charge in [0.1, 0.15) is 5.75 Å². The third-order valence-corrected chi connectivity index (χ3v) is 3.63. The molecule has 2 nitrogen and oxygen atoms in total. The topological polar surface area (TPSA) is 21.3 Å². The molecule has 0 bridgehead atoms. The van der Waals surface area contributed by atoms with E-state index < -0.39 is 0 Å². The van der Waals surface area contributed by atoms with Gasteiger partial charge in [0, 0.05) is 10.6 Å². The van der Waals surface area contributed by atoms with E-state index in [1.165, 1.54) is 4.88 Å². The zero-order chi connectivity index (χ0) is 13.0. The van der Waals surface area contributed by atoms with Crippen LogP contribution in [0.3, 0.4) is 0 Å². The highest BCUT2D eigenvalue weighted by molar-refractivity contribution is 7.10. The molecular weight excluding hydrogens is 242 g/mol. The predicted molar refractivity (Wildman–Crippen MR) is 78.6 cm³/mol. The zero-order valence-electron chi connectivity index (χ0n) is 11.0. The number of rotatable bonds is 5. The van der Waals surface area contributed by atoms with Crippen molar-refractivity contribution >= 4 is 17.0 Å². The summed E-state index contributed by atoms with van der Waals surface area (Å²) in [7, 11) is 0. The molecule has 0 amide bonds. The molecule has 1 aromatic carbocycles. The molecule has 0 aliphatic heterocycles. The van der Waals surface area contributed by atoms with Crippen LogP contribution in [-0.4, -0.2) is 6.10 Å². The number of ether oxygens (including phenoxy) is 1. The third-order valence-electron chi connectivity index (χ3n) is 2.58. The first-order chi connectivity index (χ1) is 8.65. The maximum Gasteiger partial charge on any atom is 0.119 e. The Morgan fingerprint density at radius 3 is 2.33 bits per heavy atom. The number of hydrogen-bond donors (Lipinski definition) is 1. The second-order valence-corrected chi connectivity index (χ2v) is 5.55. The molecule has 1 heterocycles. The van der Waals surface area contributed by atoms with Gasteiger partial charge in [-0.2, -0.15) is 0 Å². The smallest absolute Gasteiger partial charge is 0.119 e. The Bertz CT molecular complexity index is 462. The van der Waals surface area contributed by atoms with Gasteiger partial charge >= 0.3 is 0 Å². The lowest BCUT2D eigenvalue weighted by molar-refractivity contribution is 0.242. The minimum Gasteiger partial charge on any atom is -0.491 e. The van der Waals surface area contributed by atoms with Crippen LogP contribution in [0.4, 0.5) is 5.69 Å². The first kappa shape index (κ1) is 13.0. The minimum absolute atomic E-state index is 0.217. The third kappa shape index (κ3) is 3.50. The summed E-state index contributed by atoms with van der Waals surface area (Å²) in [5.74, 6) is 0.916. The van der Waals surface area contributed by atoms with E-state index in [0.29, 0.717) is 6.04 Å². The summed E-state index contributed by atoms with van der Waals surface area (Å²) in [6, 6.07) is 12.7. The second-order valence-electron chi connectivity index (χ2n) is 4.57. The van der Waals surface area contributed by atoms with Gasteiger partial charge in [-0.15, -0.1) is 11.3 Å². The summed E-state index contributed by atoms with van der Waals surface area (Å²) in [6.45, 7) is 6.24. The highest BCUT2D eigenvalue weighted by Crippen LogP contribution is 2.24. The fraction of sp³-hybridized carbons (Fsp3) is 0.333. The van der Waals surface area contributed by atoms with Gasteiger partial charge in [-0.1, -0.05) is 6.07 Å². The van der Waals surface area contributed by atoms with Crippen LogP contribution in [-0.2, 0) is 0 Å². The normalized spacial score (nSPS) is 12.4. The Morgan fingerprint density at radius 1 is 1.06 bits per heavy atom. The van der Waals surface area contributed by atoms with E-state index in [9.17, 15) is 0 Å². The van der Waals surface area contributed by atoms with Crippen molar-refractivity contribution < 1.29 is 4.74 Å². The molecule has 0 spiro atoms. The van der Waals surface area contributed by atoms with Crippen LogP contribution in [0.5, 0.6) is 5.75 Å². The van der Waals surface area contributed by atoms with Gasteiger partial charge in [-0.05, 0) is 56.5 Å². The molecule has 0 radical (unpaired) electrons. The van der Waals surface area contributed by atoms with E-state index in [2.05, 4.69) is 41.9 Å². The van der Waals surface area contributed by atoms with E-state index in [4.69, 9.17) is 4.74 Å². The Morgan fingerprint density at radius 2 is 1.78 bits per heavy atom. The average Bonchev–Trinajstić information content (AvgIpc) is 2.84. The fourth-order valence-electron chi connectivity index (χ4n) is 1.76. The summed E-state index contributed by atoms with van der Waals surface area (Å²) < 4.78 is 5.62. The molecule has 18 heavy (non-hydrogen) atoms. The molecule has 2 aromatic rings. The quantitative estimate of drug-likeness (QED) is 0.841. The van der Waals surface area contributed by atoms with Crippen LogP contribution in [0.2, 0.25) is 0 Å². The highest BCUT2D eigenvalue weighted by Gasteiger charge is 2.06. The lowest BCUT2D eigenvalue weighted by atomic mass is 10.2. The van der Waals surface area contributed by atoms with Crippen molar-refractivity contribution in [3.8, 4) is 5.75 Å². The maximum atomic E-state index is 5.62. The van der Waals surface area contributed by atoms with Crippen molar-refractivity contribution in [2.24, 2.45) is 0 Å². The fourth-order valence-corrected chi connectivity index (χ4v) is 2.50. The molecular formula is C15H19NOS. The second kappa shape index (κ2) is 5.91. The standard InChI is InChI=1S/C15H19NOS/c1-11(2)17-14-8-6-13(7-9-14)16-12(3)15-5-4-10-18-15/h4-12,16H,1-3H3. The Labute approximate surface area is 113 Å². The van der Waals surface area contributed by atoms with Crippen molar-refractivity contribution in [1.29, 1.82) is 0 Å². The lowest BCUT2D eigenvalue weighted by Gasteiger charge is -2.15. The van der Waals surface area contributed by atoms with Gasteiger partial charge in [0.05, 0.1) is 12.1 Å². The van der Waals surface area contributed by atoms with E-state index in [1.807, 2.05) is 26.0 Å². The number of nitrogens with one attached hydrogen (secondary N) is 1. The molecule has 1 N–H and O–H groups in total. The summed E-state index contributed by atoms with van der Waals surface area (Å²) >= 11 is 1.77. The molecule has 96 valence electrons. The van der Waals surface area contributed by atoms with Crippen LogP contribution in [0.15, 0.2) is 41.8 Å². The van der Waals surface area contributed by atoms with Crippen LogP contribution in [0, 0.1) is 0 Å². The van der Waals surface area contributed by atoms with Crippen LogP contribution in [0.25, 0.3) is 0 Å². The molecule has 0 saturated heterocycles. The van der Waals surface area contributed by atoms with Crippen LogP contribution in [0.1, 0.15) is 31.7 Å². The van der Waals surface area contributed by atoms with Gasteiger partial charge in [-0.25, -0.2) is 0 Å². The van der Waals surface area contributed by atoms with Gasteiger partial charge in [0.2, 0.25) is 0 Å². The first-order valence-electron chi connectivity index (χ1n) is 6.22. The summed E-state index contributed by atoms with van der Waals surface area (Å²) in [5.41, 5.74) is 1.12. The number of hydrogen-bond acceptors (Lipinski definition) is 3. The maximum absolute atomic E-state index is 5.62. The van der Waals surface area contributed by atoms with E-state index >= 15 is 0 Å². The molecule has 1 aromatic heterocycles. The van der Waals surface area contributed by atoms with Gasteiger partial charge < -0.3 is 10.1 Å². The number of benzene rings is 1. The summed E-state index contributed by atoms with van der Waals surface area (Å²) in [6.07, 6.45) is 0.217. The molecule has 0 aliphatic rings. The first-order valence-corrected chi connectivity index (χ1v) is 7.10. The van der Waals surface area contributed by atoms with Gasteiger partial charge in [0.25, 0.3) is 0 Å². The molecule has 0 aliphatic carbocycles. The van der Waals surface area contributed by atoms with Crippen molar-refractivity contribution in [3.63, 3.8) is 0 Å². The van der Waals surface area contributed by atoms with E-state index in [0.717, 1.165) is 11.4 Å². The zero-order valence-corrected chi connectivity index (χ0v) is 11.8. The Hall–Kier alpha value is -1.48. The largest absolute Gasteiger partial charge is 0.491 e. The lowest BCUT2D eigenvalue weighted by Crippen LogP contribution is -2.06. The van der Waals surface area contributed by atoms with Crippen molar-refractivity contribution in [2.45, 2.75) is 32.9 Å². The molecule has 1 atom stereocenters. The number of thiophene rings is 1. The molecule has 3 heteroatoms. The van der Waals surface area contributed by atoms with Crippen molar-refractivity contribution in [1.82, 2.24) is 0 Å². The summed E-state index contributed by atoms with van der Waals surface area (Å²) in [4.78, 5) is 1.34. The Kier molecular flexibility index (Phi) is 4.26. The summed E-state index contributed by atoms with van der Waals surface area (Å²) in [5, 5.41) is 5.58. The predicted octanol–water partition coefficient (Wildman–Crippen LogP) is 4.71. The molecule has 2 rings (SSSR count). The molecule has 1 unspecified atom stereocenters. The molecule has 0 saturated carbocycles. The average molecular weight is 261 g/mol. The Balaban J connectivity index is 1.98. The van der Waals surface area contributed by atoms with Crippen LogP contribution < -0.4 is 10.1 Å². The number of anilines is 1. The van der Waals surface area contributed by atoms with Crippen LogP contribution >= 0.6 is 11.3 Å². The van der Waals surface area contributed by atoms with Gasteiger partial charge in [-0.3, -0.25) is 0 Å². The SMILES string of the molecule is CC(C)Oc1ccc(NC(C)c2cccs2)cc1.